The third-order valence-electron chi connectivity index (χ3n) is 5.02. The van der Waals surface area contributed by atoms with E-state index >= 15 is 0 Å². The topological polar surface area (TPSA) is 75.0 Å². The van der Waals surface area contributed by atoms with Crippen LogP contribution in [0.15, 0.2) is 73.1 Å². The van der Waals surface area contributed by atoms with Crippen LogP contribution < -0.4 is 5.32 Å². The average Bonchev–Trinajstić information content (AvgIpc) is 2.81. The number of carbonyl (C=O) groups is 1. The molecule has 3 aromatic rings. The van der Waals surface area contributed by atoms with Crippen molar-refractivity contribution in [3.8, 4) is 17.2 Å². The summed E-state index contributed by atoms with van der Waals surface area (Å²) in [5.41, 5.74) is 3.65. The van der Waals surface area contributed by atoms with Gasteiger partial charge < -0.3 is 10.1 Å². The van der Waals surface area contributed by atoms with Crippen molar-refractivity contribution >= 4 is 5.91 Å². The maximum absolute atomic E-state index is 13.6. The highest BCUT2D eigenvalue weighted by Gasteiger charge is 2.26. The molecule has 0 bridgehead atoms. The first-order valence-electron chi connectivity index (χ1n) is 10.5. The molecule has 32 heavy (non-hydrogen) atoms. The summed E-state index contributed by atoms with van der Waals surface area (Å²) in [4.78, 5) is 16.7. The minimum atomic E-state index is -0.752. The van der Waals surface area contributed by atoms with Gasteiger partial charge in [0.2, 0.25) is 5.91 Å². The standard InChI is InChI=1S/C26H26FN3O2/c1-18(2)17-24(26(31)30-16-13-28)32-25(22-7-9-23(27)10-8-22)21-5-3-19(4-6-21)20-11-14-29-15-12-20/h3-12,14-15,18,24-25H,16-17H2,1-2H3,(H,30,31). The van der Waals surface area contributed by atoms with Crippen molar-refractivity contribution in [3.05, 3.63) is 90.0 Å². The number of halogens is 1. The Balaban J connectivity index is 1.93. The van der Waals surface area contributed by atoms with Crippen LogP contribution in [0.5, 0.6) is 0 Å². The minimum Gasteiger partial charge on any atom is -0.356 e. The summed E-state index contributed by atoms with van der Waals surface area (Å²) in [5, 5.41) is 11.4. The molecule has 0 spiro atoms. The van der Waals surface area contributed by atoms with E-state index in [1.54, 1.807) is 24.5 Å². The Morgan fingerprint density at radius 3 is 2.12 bits per heavy atom. The number of aromatic nitrogens is 1. The summed E-state index contributed by atoms with van der Waals surface area (Å²) in [6, 6.07) is 19.7. The van der Waals surface area contributed by atoms with Crippen LogP contribution in [0.25, 0.3) is 11.1 Å². The fraction of sp³-hybridized carbons (Fsp3) is 0.269. The Morgan fingerprint density at radius 1 is 1.00 bits per heavy atom. The average molecular weight is 432 g/mol. The fourth-order valence-electron chi connectivity index (χ4n) is 3.44. The Bertz CT molecular complexity index is 1050. The van der Waals surface area contributed by atoms with Crippen molar-refractivity contribution in [1.29, 1.82) is 5.26 Å². The zero-order valence-corrected chi connectivity index (χ0v) is 18.2. The Kier molecular flexibility index (Phi) is 8.07. The number of hydrogen-bond donors (Lipinski definition) is 1. The highest BCUT2D eigenvalue weighted by atomic mass is 19.1. The number of pyridine rings is 1. The second kappa shape index (κ2) is 11.2. The van der Waals surface area contributed by atoms with Gasteiger partial charge in [0, 0.05) is 12.4 Å². The number of rotatable bonds is 9. The summed E-state index contributed by atoms with van der Waals surface area (Å²) in [6.07, 6.45) is 2.65. The monoisotopic (exact) mass is 431 g/mol. The van der Waals surface area contributed by atoms with E-state index in [-0.39, 0.29) is 24.2 Å². The van der Waals surface area contributed by atoms with E-state index in [4.69, 9.17) is 10.00 Å². The van der Waals surface area contributed by atoms with Crippen LogP contribution in [-0.4, -0.2) is 23.5 Å². The molecule has 0 aliphatic rings. The molecule has 6 heteroatoms. The molecular formula is C26H26FN3O2. The quantitative estimate of drug-likeness (QED) is 0.481. The maximum atomic E-state index is 13.6. The van der Waals surface area contributed by atoms with Crippen molar-refractivity contribution in [2.45, 2.75) is 32.5 Å². The first-order chi connectivity index (χ1) is 15.5. The van der Waals surface area contributed by atoms with Crippen molar-refractivity contribution in [2.24, 2.45) is 5.92 Å². The van der Waals surface area contributed by atoms with E-state index < -0.39 is 12.2 Å². The van der Waals surface area contributed by atoms with E-state index in [2.05, 4.69) is 10.3 Å². The number of nitrogens with zero attached hydrogens (tertiary/aromatic N) is 2. The van der Waals surface area contributed by atoms with E-state index in [0.717, 1.165) is 22.3 Å². The molecule has 1 heterocycles. The van der Waals surface area contributed by atoms with Crippen molar-refractivity contribution in [2.75, 3.05) is 6.54 Å². The number of hydrogen-bond acceptors (Lipinski definition) is 4. The number of carbonyl (C=O) groups excluding carboxylic acids is 1. The fourth-order valence-corrected chi connectivity index (χ4v) is 3.44. The van der Waals surface area contributed by atoms with Crippen molar-refractivity contribution < 1.29 is 13.9 Å². The predicted molar refractivity (Wildman–Crippen MR) is 121 cm³/mol. The molecule has 1 amide bonds. The molecule has 5 nitrogen and oxygen atoms in total. The summed E-state index contributed by atoms with van der Waals surface area (Å²) in [7, 11) is 0. The zero-order valence-electron chi connectivity index (χ0n) is 18.2. The van der Waals surface area contributed by atoms with E-state index in [1.165, 1.54) is 12.1 Å². The number of ether oxygens (including phenoxy) is 1. The number of benzene rings is 2. The largest absolute Gasteiger partial charge is 0.356 e. The zero-order chi connectivity index (χ0) is 22.9. The van der Waals surface area contributed by atoms with Crippen LogP contribution in [0.4, 0.5) is 4.39 Å². The van der Waals surface area contributed by atoms with Crippen LogP contribution in [-0.2, 0) is 9.53 Å². The van der Waals surface area contributed by atoms with Gasteiger partial charge >= 0.3 is 0 Å². The van der Waals surface area contributed by atoms with Gasteiger partial charge in [0.1, 0.15) is 24.6 Å². The Morgan fingerprint density at radius 2 is 1.56 bits per heavy atom. The first-order valence-corrected chi connectivity index (χ1v) is 10.5. The molecular weight excluding hydrogens is 405 g/mol. The van der Waals surface area contributed by atoms with E-state index in [9.17, 15) is 9.18 Å². The number of nitrogens with one attached hydrogen (secondary N) is 1. The molecule has 164 valence electrons. The first kappa shape index (κ1) is 23.1. The van der Waals surface area contributed by atoms with Gasteiger partial charge in [-0.15, -0.1) is 0 Å². The normalized spacial score (nSPS) is 12.7. The lowest BCUT2D eigenvalue weighted by molar-refractivity contribution is -0.136. The van der Waals surface area contributed by atoms with Gasteiger partial charge in [0.15, 0.2) is 0 Å². The maximum Gasteiger partial charge on any atom is 0.250 e. The summed E-state index contributed by atoms with van der Waals surface area (Å²) in [6.45, 7) is 3.92. The van der Waals surface area contributed by atoms with Crippen LogP contribution in [0.1, 0.15) is 37.5 Å². The van der Waals surface area contributed by atoms with Gasteiger partial charge in [-0.05, 0) is 58.9 Å². The van der Waals surface area contributed by atoms with Gasteiger partial charge in [-0.3, -0.25) is 9.78 Å². The highest BCUT2D eigenvalue weighted by molar-refractivity contribution is 5.81. The number of amides is 1. The van der Waals surface area contributed by atoms with Crippen molar-refractivity contribution in [3.63, 3.8) is 0 Å². The van der Waals surface area contributed by atoms with E-state index in [1.807, 2.05) is 56.3 Å². The van der Waals surface area contributed by atoms with Crippen LogP contribution in [0.3, 0.4) is 0 Å². The second-order valence-corrected chi connectivity index (χ2v) is 7.92. The second-order valence-electron chi connectivity index (χ2n) is 7.92. The summed E-state index contributed by atoms with van der Waals surface area (Å²) >= 11 is 0. The SMILES string of the molecule is CC(C)CC(OC(c1ccc(F)cc1)c1ccc(-c2ccncc2)cc1)C(=O)NCC#N. The summed E-state index contributed by atoms with van der Waals surface area (Å²) < 4.78 is 19.9. The van der Waals surface area contributed by atoms with Crippen LogP contribution in [0.2, 0.25) is 0 Å². The molecule has 3 rings (SSSR count). The highest BCUT2D eigenvalue weighted by Crippen LogP contribution is 2.31. The lowest BCUT2D eigenvalue weighted by Crippen LogP contribution is -2.38. The van der Waals surface area contributed by atoms with Gasteiger partial charge in [-0.25, -0.2) is 4.39 Å². The minimum absolute atomic E-state index is 0.0847. The molecule has 0 saturated heterocycles. The molecule has 0 aliphatic carbocycles. The molecule has 2 unspecified atom stereocenters. The molecule has 1 N–H and O–H groups in total. The van der Waals surface area contributed by atoms with Gasteiger partial charge in [-0.1, -0.05) is 50.2 Å². The molecule has 0 radical (unpaired) electrons. The lowest BCUT2D eigenvalue weighted by Gasteiger charge is -2.26. The van der Waals surface area contributed by atoms with Gasteiger partial charge in [0.25, 0.3) is 0 Å². The van der Waals surface area contributed by atoms with Crippen molar-refractivity contribution in [1.82, 2.24) is 10.3 Å². The van der Waals surface area contributed by atoms with Gasteiger partial charge in [-0.2, -0.15) is 5.26 Å². The Hall–Kier alpha value is -3.56. The molecule has 2 aromatic carbocycles. The Labute approximate surface area is 187 Å². The smallest absolute Gasteiger partial charge is 0.250 e. The van der Waals surface area contributed by atoms with Crippen LogP contribution >= 0.6 is 0 Å². The molecule has 0 saturated carbocycles. The lowest BCUT2D eigenvalue weighted by atomic mass is 9.97. The van der Waals surface area contributed by atoms with Crippen LogP contribution in [0, 0.1) is 23.1 Å². The third-order valence-corrected chi connectivity index (χ3v) is 5.02. The molecule has 0 fully saturated rings. The van der Waals surface area contributed by atoms with E-state index in [0.29, 0.717) is 6.42 Å². The van der Waals surface area contributed by atoms with Gasteiger partial charge in [0.05, 0.1) is 6.07 Å². The molecule has 0 aliphatic heterocycles. The predicted octanol–water partition coefficient (Wildman–Crippen LogP) is 5.05. The summed E-state index contributed by atoms with van der Waals surface area (Å²) in [5.74, 6) is -0.470. The molecule has 2 atom stereocenters. The number of nitriles is 1. The molecule has 1 aromatic heterocycles. The third kappa shape index (κ3) is 6.22.